The maximum absolute atomic E-state index is 14.1. The topological polar surface area (TPSA) is 102 Å². The minimum absolute atomic E-state index is 0.00251. The summed E-state index contributed by atoms with van der Waals surface area (Å²) in [6, 6.07) is 22.9. The van der Waals surface area contributed by atoms with Crippen molar-refractivity contribution >= 4 is 17.7 Å². The van der Waals surface area contributed by atoms with Gasteiger partial charge in [-0.2, -0.15) is 0 Å². The van der Waals surface area contributed by atoms with Gasteiger partial charge in [-0.25, -0.2) is 9.80 Å². The van der Waals surface area contributed by atoms with E-state index in [1.807, 2.05) is 54.6 Å². The van der Waals surface area contributed by atoms with Crippen molar-refractivity contribution in [2.75, 3.05) is 26.2 Å². The number of hydrazine groups is 1. The standard InChI is InChI=1S/C35H38N4O5/c1-3-18-38-24-32(41)33-30(20-25-10-14-28(40)15-11-25)34(42)37(22-27-12-16-29(17-13-27)44-19-4-2)23-31(33)39(38)35(43)36-21-26-8-6-5-7-9-26/h3-17,30-31,33,40H,1-2,18-24H2,(H,36,43). The van der Waals surface area contributed by atoms with E-state index in [4.69, 9.17) is 4.74 Å². The van der Waals surface area contributed by atoms with Crippen molar-refractivity contribution in [1.82, 2.24) is 20.2 Å². The number of ether oxygens (including phenoxy) is 1. The van der Waals surface area contributed by atoms with Gasteiger partial charge in [0.1, 0.15) is 18.1 Å². The number of nitrogens with zero attached hydrogens (tertiary/aromatic N) is 3. The molecule has 0 spiro atoms. The first-order valence-corrected chi connectivity index (χ1v) is 14.8. The van der Waals surface area contributed by atoms with Gasteiger partial charge < -0.3 is 20.1 Å². The molecule has 0 aromatic heterocycles. The minimum Gasteiger partial charge on any atom is -0.508 e. The summed E-state index contributed by atoms with van der Waals surface area (Å²) in [4.78, 5) is 43.5. The van der Waals surface area contributed by atoms with Gasteiger partial charge in [0.15, 0.2) is 5.78 Å². The minimum atomic E-state index is -0.689. The van der Waals surface area contributed by atoms with E-state index in [0.717, 1.165) is 16.7 Å². The van der Waals surface area contributed by atoms with Crippen LogP contribution in [0.3, 0.4) is 0 Å². The Morgan fingerprint density at radius 1 is 0.932 bits per heavy atom. The summed E-state index contributed by atoms with van der Waals surface area (Å²) in [5, 5.41) is 16.2. The second-order valence-electron chi connectivity index (χ2n) is 11.1. The van der Waals surface area contributed by atoms with Crippen molar-refractivity contribution in [3.63, 3.8) is 0 Å². The Morgan fingerprint density at radius 3 is 2.32 bits per heavy atom. The van der Waals surface area contributed by atoms with E-state index in [1.54, 1.807) is 51.3 Å². The maximum atomic E-state index is 14.1. The van der Waals surface area contributed by atoms with E-state index in [9.17, 15) is 19.5 Å². The molecule has 0 bridgehead atoms. The number of carbonyl (C=O) groups is 3. The Hall–Kier alpha value is -4.89. The van der Waals surface area contributed by atoms with Gasteiger partial charge in [0, 0.05) is 26.2 Å². The number of benzene rings is 3. The number of rotatable bonds is 11. The molecule has 44 heavy (non-hydrogen) atoms. The van der Waals surface area contributed by atoms with Crippen LogP contribution in [0.4, 0.5) is 4.79 Å². The third kappa shape index (κ3) is 7.01. The molecule has 0 radical (unpaired) electrons. The van der Waals surface area contributed by atoms with Gasteiger partial charge in [-0.3, -0.25) is 14.6 Å². The molecule has 2 saturated heterocycles. The van der Waals surface area contributed by atoms with Crippen LogP contribution in [0.25, 0.3) is 0 Å². The van der Waals surface area contributed by atoms with Crippen LogP contribution >= 0.6 is 0 Å². The fourth-order valence-electron chi connectivity index (χ4n) is 6.07. The fraction of sp³-hybridized carbons (Fsp3) is 0.286. The number of amides is 3. The summed E-state index contributed by atoms with van der Waals surface area (Å²) >= 11 is 0. The molecule has 3 aromatic carbocycles. The number of fused-ring (bicyclic) bond motifs is 1. The smallest absolute Gasteiger partial charge is 0.332 e. The Morgan fingerprint density at radius 2 is 1.64 bits per heavy atom. The average Bonchev–Trinajstić information content (AvgIpc) is 3.03. The lowest BCUT2D eigenvalue weighted by Crippen LogP contribution is -2.71. The Labute approximate surface area is 258 Å². The lowest BCUT2D eigenvalue weighted by molar-refractivity contribution is -0.167. The second kappa shape index (κ2) is 14.1. The normalized spacial score (nSPS) is 20.1. The summed E-state index contributed by atoms with van der Waals surface area (Å²) in [5.41, 5.74) is 2.68. The van der Waals surface area contributed by atoms with Crippen molar-refractivity contribution in [1.29, 1.82) is 0 Å². The number of hydrogen-bond acceptors (Lipinski definition) is 6. The molecule has 9 nitrogen and oxygen atoms in total. The van der Waals surface area contributed by atoms with E-state index >= 15 is 0 Å². The van der Waals surface area contributed by atoms with Gasteiger partial charge in [-0.15, -0.1) is 6.58 Å². The molecule has 5 rings (SSSR count). The highest BCUT2D eigenvalue weighted by molar-refractivity contribution is 5.93. The van der Waals surface area contributed by atoms with E-state index in [1.165, 1.54) is 0 Å². The highest BCUT2D eigenvalue weighted by Gasteiger charge is 2.53. The number of urea groups is 1. The lowest BCUT2D eigenvalue weighted by Gasteiger charge is -2.52. The van der Waals surface area contributed by atoms with E-state index < -0.39 is 17.9 Å². The van der Waals surface area contributed by atoms with Gasteiger partial charge in [-0.1, -0.05) is 73.3 Å². The van der Waals surface area contributed by atoms with Crippen molar-refractivity contribution in [3.8, 4) is 11.5 Å². The molecule has 0 aliphatic carbocycles. The molecule has 228 valence electrons. The lowest BCUT2D eigenvalue weighted by atomic mass is 9.74. The molecule has 2 aliphatic rings. The predicted molar refractivity (Wildman–Crippen MR) is 167 cm³/mol. The van der Waals surface area contributed by atoms with E-state index in [2.05, 4.69) is 18.5 Å². The summed E-state index contributed by atoms with van der Waals surface area (Å²) < 4.78 is 5.61. The van der Waals surface area contributed by atoms with Crippen LogP contribution < -0.4 is 10.1 Å². The molecule has 3 unspecified atom stereocenters. The first kappa shape index (κ1) is 30.6. The molecule has 9 heteroatoms. The van der Waals surface area contributed by atoms with Crippen LogP contribution in [0.1, 0.15) is 16.7 Å². The third-order valence-electron chi connectivity index (χ3n) is 8.10. The van der Waals surface area contributed by atoms with Crippen molar-refractivity contribution < 1.29 is 24.2 Å². The van der Waals surface area contributed by atoms with Crippen LogP contribution in [0.15, 0.2) is 104 Å². The highest BCUT2D eigenvalue weighted by Crippen LogP contribution is 2.37. The Balaban J connectivity index is 1.46. The van der Waals surface area contributed by atoms with Crippen LogP contribution in [-0.4, -0.2) is 70.0 Å². The Bertz CT molecular complexity index is 1480. The zero-order valence-corrected chi connectivity index (χ0v) is 24.7. The number of ketones is 1. The summed E-state index contributed by atoms with van der Waals surface area (Å²) in [5.74, 6) is -0.769. The zero-order valence-electron chi connectivity index (χ0n) is 24.7. The first-order valence-electron chi connectivity index (χ1n) is 14.8. The molecule has 3 atom stereocenters. The number of piperidine rings is 1. The highest BCUT2D eigenvalue weighted by atomic mass is 16.5. The van der Waals surface area contributed by atoms with Crippen molar-refractivity contribution in [2.24, 2.45) is 11.8 Å². The molecular formula is C35H38N4O5. The van der Waals surface area contributed by atoms with Gasteiger partial charge >= 0.3 is 6.03 Å². The third-order valence-corrected chi connectivity index (χ3v) is 8.10. The SMILES string of the molecule is C=CCOc1ccc(CN2CC3C(C(=O)CN(CC=C)N3C(=O)NCc3ccccc3)C(Cc3ccc(O)cc3)C2=O)cc1. The maximum Gasteiger partial charge on any atom is 0.332 e. The van der Waals surface area contributed by atoms with Crippen LogP contribution in [0, 0.1) is 11.8 Å². The van der Waals surface area contributed by atoms with Crippen molar-refractivity contribution in [3.05, 3.63) is 121 Å². The Kier molecular flexibility index (Phi) is 9.76. The van der Waals surface area contributed by atoms with Gasteiger partial charge in [0.2, 0.25) is 5.91 Å². The molecule has 2 fully saturated rings. The average molecular weight is 595 g/mol. The van der Waals surface area contributed by atoms with Gasteiger partial charge in [-0.05, 0) is 47.4 Å². The van der Waals surface area contributed by atoms with E-state index in [0.29, 0.717) is 38.4 Å². The van der Waals surface area contributed by atoms with Crippen molar-refractivity contribution in [2.45, 2.75) is 25.6 Å². The van der Waals surface area contributed by atoms with Crippen LogP contribution in [0.5, 0.6) is 11.5 Å². The summed E-state index contributed by atoms with van der Waals surface area (Å²) in [7, 11) is 0. The molecule has 0 saturated carbocycles. The number of phenols is 1. The molecule has 2 aliphatic heterocycles. The first-order chi connectivity index (χ1) is 21.4. The number of Topliss-reactive ketones (excluding diaryl/α,β-unsaturated/α-hetero) is 1. The number of nitrogens with one attached hydrogen (secondary N) is 1. The fourth-order valence-corrected chi connectivity index (χ4v) is 6.07. The van der Waals surface area contributed by atoms with Crippen LogP contribution in [0.2, 0.25) is 0 Å². The quantitative estimate of drug-likeness (QED) is 0.321. The summed E-state index contributed by atoms with van der Waals surface area (Å²) in [6.07, 6.45) is 3.65. The number of phenolic OH excluding ortho intramolecular Hbond substituents is 1. The zero-order chi connectivity index (χ0) is 31.1. The largest absolute Gasteiger partial charge is 0.508 e. The number of likely N-dealkylation sites (tertiary alicyclic amines) is 1. The molecular weight excluding hydrogens is 556 g/mol. The molecule has 2 N–H and O–H groups in total. The van der Waals surface area contributed by atoms with Gasteiger partial charge in [0.25, 0.3) is 0 Å². The van der Waals surface area contributed by atoms with E-state index in [-0.39, 0.29) is 36.6 Å². The molecule has 2 heterocycles. The monoisotopic (exact) mass is 594 g/mol. The number of hydrogen-bond donors (Lipinski definition) is 2. The molecule has 3 amide bonds. The number of carbonyl (C=O) groups excluding carboxylic acids is 3. The summed E-state index contributed by atoms with van der Waals surface area (Å²) in [6.45, 7) is 9.04. The predicted octanol–water partition coefficient (Wildman–Crippen LogP) is 4.34. The van der Waals surface area contributed by atoms with Crippen LogP contribution in [-0.2, 0) is 29.1 Å². The molecule has 3 aromatic rings. The number of aromatic hydroxyl groups is 1. The van der Waals surface area contributed by atoms with Gasteiger partial charge in [0.05, 0.1) is 24.4 Å². The second-order valence-corrected chi connectivity index (χ2v) is 11.1.